The number of rotatable bonds is 5. The van der Waals surface area contributed by atoms with Crippen molar-refractivity contribution in [3.63, 3.8) is 0 Å². The van der Waals surface area contributed by atoms with Crippen molar-refractivity contribution < 1.29 is 9.53 Å². The Hall–Kier alpha value is -0.530. The zero-order chi connectivity index (χ0) is 13.0. The SMILES string of the molecule is CCCOC(=O)C(C)(CC(C)C)C(C)(C)C. The second-order valence-electron chi connectivity index (χ2n) is 6.32. The molecule has 0 aliphatic carbocycles. The van der Waals surface area contributed by atoms with E-state index in [1.165, 1.54) is 0 Å². The minimum atomic E-state index is -0.393. The van der Waals surface area contributed by atoms with Crippen LogP contribution in [0.15, 0.2) is 0 Å². The second kappa shape index (κ2) is 5.70. The minimum Gasteiger partial charge on any atom is -0.465 e. The molecule has 0 aromatic rings. The number of carbonyl (C=O) groups is 1. The van der Waals surface area contributed by atoms with Gasteiger partial charge in [0, 0.05) is 0 Å². The Labute approximate surface area is 101 Å². The summed E-state index contributed by atoms with van der Waals surface area (Å²) in [5.41, 5.74) is -0.460. The standard InChI is InChI=1S/C14H28O2/c1-8-9-16-12(15)14(7,10-11(2)3)13(4,5)6/h11H,8-10H2,1-7H3. The molecule has 0 aromatic carbocycles. The molecule has 2 nitrogen and oxygen atoms in total. The quantitative estimate of drug-likeness (QED) is 0.664. The van der Waals surface area contributed by atoms with Crippen LogP contribution in [-0.2, 0) is 9.53 Å². The maximum atomic E-state index is 12.2. The first kappa shape index (κ1) is 15.5. The van der Waals surface area contributed by atoms with E-state index < -0.39 is 5.41 Å². The van der Waals surface area contributed by atoms with E-state index in [0.717, 1.165) is 12.8 Å². The summed E-state index contributed by atoms with van der Waals surface area (Å²) in [4.78, 5) is 12.2. The van der Waals surface area contributed by atoms with E-state index in [0.29, 0.717) is 12.5 Å². The van der Waals surface area contributed by atoms with Gasteiger partial charge in [-0.3, -0.25) is 4.79 Å². The molecule has 0 aromatic heterocycles. The lowest BCUT2D eigenvalue weighted by atomic mass is 9.64. The van der Waals surface area contributed by atoms with Crippen molar-refractivity contribution in [1.29, 1.82) is 0 Å². The van der Waals surface area contributed by atoms with Crippen LogP contribution in [0.3, 0.4) is 0 Å². The predicted molar refractivity (Wildman–Crippen MR) is 68.3 cm³/mol. The van der Waals surface area contributed by atoms with Gasteiger partial charge in [0.1, 0.15) is 0 Å². The van der Waals surface area contributed by atoms with E-state index in [2.05, 4.69) is 34.6 Å². The van der Waals surface area contributed by atoms with Crippen LogP contribution in [0.2, 0.25) is 0 Å². The topological polar surface area (TPSA) is 26.3 Å². The molecule has 1 atom stereocenters. The highest BCUT2D eigenvalue weighted by molar-refractivity contribution is 5.77. The molecule has 0 saturated carbocycles. The van der Waals surface area contributed by atoms with Crippen molar-refractivity contribution in [2.75, 3.05) is 6.61 Å². The van der Waals surface area contributed by atoms with Gasteiger partial charge in [-0.1, -0.05) is 41.5 Å². The zero-order valence-electron chi connectivity index (χ0n) is 12.0. The average Bonchev–Trinajstić information content (AvgIpc) is 2.10. The molecule has 0 rings (SSSR count). The van der Waals surface area contributed by atoms with Crippen LogP contribution >= 0.6 is 0 Å². The Balaban J connectivity index is 4.86. The fourth-order valence-electron chi connectivity index (χ4n) is 1.87. The molecule has 0 fully saturated rings. The van der Waals surface area contributed by atoms with Gasteiger partial charge in [0.2, 0.25) is 0 Å². The Kier molecular flexibility index (Phi) is 5.51. The van der Waals surface area contributed by atoms with Gasteiger partial charge in [0.25, 0.3) is 0 Å². The molecule has 0 aliphatic heterocycles. The van der Waals surface area contributed by atoms with Crippen LogP contribution < -0.4 is 0 Å². The maximum absolute atomic E-state index is 12.2. The van der Waals surface area contributed by atoms with Gasteiger partial charge in [0.15, 0.2) is 0 Å². The van der Waals surface area contributed by atoms with Crippen molar-refractivity contribution in [2.24, 2.45) is 16.7 Å². The average molecular weight is 228 g/mol. The van der Waals surface area contributed by atoms with E-state index in [4.69, 9.17) is 4.74 Å². The van der Waals surface area contributed by atoms with Gasteiger partial charge >= 0.3 is 5.97 Å². The smallest absolute Gasteiger partial charge is 0.312 e. The monoisotopic (exact) mass is 228 g/mol. The van der Waals surface area contributed by atoms with Crippen LogP contribution in [0, 0.1) is 16.7 Å². The Morgan fingerprint density at radius 1 is 1.19 bits per heavy atom. The van der Waals surface area contributed by atoms with Crippen molar-refractivity contribution in [1.82, 2.24) is 0 Å². The molecule has 0 amide bonds. The lowest BCUT2D eigenvalue weighted by molar-refractivity contribution is -0.163. The third-order valence-corrected chi connectivity index (χ3v) is 3.36. The van der Waals surface area contributed by atoms with Gasteiger partial charge < -0.3 is 4.74 Å². The molecule has 1 unspecified atom stereocenters. The molecule has 16 heavy (non-hydrogen) atoms. The first-order chi connectivity index (χ1) is 7.15. The summed E-state index contributed by atoms with van der Waals surface area (Å²) in [5, 5.41) is 0. The van der Waals surface area contributed by atoms with E-state index in [9.17, 15) is 4.79 Å². The largest absolute Gasteiger partial charge is 0.465 e. The van der Waals surface area contributed by atoms with Crippen LogP contribution in [0.1, 0.15) is 61.3 Å². The van der Waals surface area contributed by atoms with Crippen molar-refractivity contribution in [3.8, 4) is 0 Å². The Morgan fingerprint density at radius 3 is 2.00 bits per heavy atom. The maximum Gasteiger partial charge on any atom is 0.312 e. The van der Waals surface area contributed by atoms with E-state index in [1.54, 1.807) is 0 Å². The van der Waals surface area contributed by atoms with Gasteiger partial charge in [-0.05, 0) is 31.1 Å². The summed E-state index contributed by atoms with van der Waals surface area (Å²) in [6.45, 7) is 15.2. The number of ether oxygens (including phenoxy) is 1. The first-order valence-corrected chi connectivity index (χ1v) is 6.32. The van der Waals surface area contributed by atoms with Crippen LogP contribution in [-0.4, -0.2) is 12.6 Å². The molecule has 0 aliphatic rings. The van der Waals surface area contributed by atoms with Crippen LogP contribution in [0.4, 0.5) is 0 Å². The predicted octanol–water partition coefficient (Wildman–Crippen LogP) is 4.04. The third-order valence-electron chi connectivity index (χ3n) is 3.36. The van der Waals surface area contributed by atoms with E-state index in [-0.39, 0.29) is 11.4 Å². The minimum absolute atomic E-state index is 0.0458. The first-order valence-electron chi connectivity index (χ1n) is 6.32. The fraction of sp³-hybridized carbons (Fsp3) is 0.929. The number of carbonyl (C=O) groups excluding carboxylic acids is 1. The van der Waals surface area contributed by atoms with Crippen molar-refractivity contribution in [3.05, 3.63) is 0 Å². The van der Waals surface area contributed by atoms with Gasteiger partial charge in [0.05, 0.1) is 12.0 Å². The van der Waals surface area contributed by atoms with Gasteiger partial charge in [-0.2, -0.15) is 0 Å². The second-order valence-corrected chi connectivity index (χ2v) is 6.32. The Morgan fingerprint density at radius 2 is 1.69 bits per heavy atom. The molecular weight excluding hydrogens is 200 g/mol. The van der Waals surface area contributed by atoms with Crippen molar-refractivity contribution in [2.45, 2.75) is 61.3 Å². The van der Waals surface area contributed by atoms with Crippen molar-refractivity contribution >= 4 is 5.97 Å². The summed E-state index contributed by atoms with van der Waals surface area (Å²) in [6.07, 6.45) is 1.76. The Bertz CT molecular complexity index is 225. The van der Waals surface area contributed by atoms with Gasteiger partial charge in [-0.25, -0.2) is 0 Å². The lowest BCUT2D eigenvalue weighted by Gasteiger charge is -2.40. The molecule has 0 spiro atoms. The summed E-state index contributed by atoms with van der Waals surface area (Å²) in [6, 6.07) is 0. The summed E-state index contributed by atoms with van der Waals surface area (Å²) in [5.74, 6) is 0.453. The molecule has 96 valence electrons. The fourth-order valence-corrected chi connectivity index (χ4v) is 1.87. The molecular formula is C14H28O2. The number of hydrogen-bond donors (Lipinski definition) is 0. The summed E-state index contributed by atoms with van der Waals surface area (Å²) >= 11 is 0. The molecule has 0 radical (unpaired) electrons. The normalized spacial score (nSPS) is 16.0. The lowest BCUT2D eigenvalue weighted by Crippen LogP contribution is -2.42. The molecule has 0 saturated heterocycles. The molecule has 2 heteroatoms. The zero-order valence-corrected chi connectivity index (χ0v) is 12.0. The van der Waals surface area contributed by atoms with Gasteiger partial charge in [-0.15, -0.1) is 0 Å². The molecule has 0 N–H and O–H groups in total. The van der Waals surface area contributed by atoms with E-state index >= 15 is 0 Å². The number of hydrogen-bond acceptors (Lipinski definition) is 2. The molecule has 0 heterocycles. The third kappa shape index (κ3) is 3.80. The highest BCUT2D eigenvalue weighted by atomic mass is 16.5. The number of esters is 1. The highest BCUT2D eigenvalue weighted by Gasteiger charge is 2.45. The molecule has 0 bridgehead atoms. The highest BCUT2D eigenvalue weighted by Crippen LogP contribution is 2.44. The summed E-state index contributed by atoms with van der Waals surface area (Å²) in [7, 11) is 0. The van der Waals surface area contributed by atoms with E-state index in [1.807, 2.05) is 13.8 Å². The van der Waals surface area contributed by atoms with Crippen LogP contribution in [0.5, 0.6) is 0 Å². The summed E-state index contributed by atoms with van der Waals surface area (Å²) < 4.78 is 5.34. The van der Waals surface area contributed by atoms with Crippen LogP contribution in [0.25, 0.3) is 0 Å².